The zero-order valence-electron chi connectivity index (χ0n) is 30.6. The van der Waals surface area contributed by atoms with Gasteiger partial charge < -0.3 is 18.4 Å². The van der Waals surface area contributed by atoms with Crippen molar-refractivity contribution >= 4 is 11.1 Å². The summed E-state index contributed by atoms with van der Waals surface area (Å²) in [5.41, 5.74) is 8.10. The number of nitrogens with zero attached hydrogens (tertiary/aromatic N) is 2. The van der Waals surface area contributed by atoms with Gasteiger partial charge in [0.15, 0.2) is 0 Å². The Labute approximate surface area is 291 Å². The molecule has 0 atom stereocenters. The first-order valence-corrected chi connectivity index (χ1v) is 18.4. The van der Waals surface area contributed by atoms with E-state index >= 15 is 0 Å². The van der Waals surface area contributed by atoms with Crippen molar-refractivity contribution < 1.29 is 18.4 Å². The normalized spacial score (nSPS) is 12.5. The molecule has 4 heteroatoms. The highest BCUT2D eigenvalue weighted by Crippen LogP contribution is 2.33. The van der Waals surface area contributed by atoms with Crippen LogP contribution in [0.25, 0.3) is 11.1 Å². The first kappa shape index (κ1) is 37.0. The monoisotopic (exact) mass is 648 g/mol. The van der Waals surface area contributed by atoms with Gasteiger partial charge in [0.05, 0.1) is 26.2 Å². The van der Waals surface area contributed by atoms with Crippen LogP contribution in [-0.4, -0.2) is 61.4 Å². The third kappa shape index (κ3) is 10.1. The van der Waals surface area contributed by atoms with Crippen LogP contribution in [0.3, 0.4) is 0 Å². The van der Waals surface area contributed by atoms with Crippen molar-refractivity contribution in [2.24, 2.45) is 0 Å². The SMILES string of the molecule is CC/C(=C(/CC)c1ccc(OCC[N+](CC)(CC)Cc2ccccc2)cc1)c1ccc(OCC[N+](CC)(CC)Cc2ccccc2)cc1. The molecule has 0 aromatic heterocycles. The van der Waals surface area contributed by atoms with Gasteiger partial charge in [0, 0.05) is 11.1 Å². The zero-order chi connectivity index (χ0) is 34.2. The molecule has 256 valence electrons. The molecule has 0 aliphatic rings. The van der Waals surface area contributed by atoms with E-state index in [1.54, 1.807) is 0 Å². The summed E-state index contributed by atoms with van der Waals surface area (Å²) in [4.78, 5) is 0. The van der Waals surface area contributed by atoms with Crippen LogP contribution in [0, 0.1) is 0 Å². The van der Waals surface area contributed by atoms with E-state index in [9.17, 15) is 0 Å². The lowest BCUT2D eigenvalue weighted by Crippen LogP contribution is -2.49. The molecule has 0 saturated heterocycles. The smallest absolute Gasteiger partial charge is 0.137 e. The van der Waals surface area contributed by atoms with Crippen LogP contribution in [0.15, 0.2) is 109 Å². The maximum atomic E-state index is 6.31. The quantitative estimate of drug-likeness (QED) is 0.0701. The standard InChI is InChI=1S/C44H60N2O2/c1-7-43(39-23-27-41(28-24-39)47-33-31-45(9-3,10-4)35-37-19-15-13-16-20-37)44(8-2)40-25-29-42(30-26-40)48-34-32-46(11-5,12-6)36-38-21-17-14-18-22-38/h13-30H,7-12,31-36H2,1-6H3/q+2/b44-43+. The van der Waals surface area contributed by atoms with Crippen LogP contribution in [0.5, 0.6) is 11.5 Å². The molecular weight excluding hydrogens is 588 g/mol. The van der Waals surface area contributed by atoms with Crippen LogP contribution in [0.1, 0.15) is 76.6 Å². The molecule has 0 bridgehead atoms. The number of ether oxygens (including phenoxy) is 2. The Morgan fingerprint density at radius 3 is 1.06 bits per heavy atom. The highest BCUT2D eigenvalue weighted by molar-refractivity contribution is 5.90. The van der Waals surface area contributed by atoms with Crippen LogP contribution in [0.2, 0.25) is 0 Å². The maximum absolute atomic E-state index is 6.31. The Hall–Kier alpha value is -3.86. The van der Waals surface area contributed by atoms with Gasteiger partial charge in [-0.1, -0.05) is 98.8 Å². The summed E-state index contributed by atoms with van der Waals surface area (Å²) in [5, 5.41) is 0. The molecule has 0 N–H and O–H groups in total. The average Bonchev–Trinajstić information content (AvgIpc) is 3.14. The van der Waals surface area contributed by atoms with Crippen molar-refractivity contribution in [3.63, 3.8) is 0 Å². The van der Waals surface area contributed by atoms with Gasteiger partial charge in [0.1, 0.15) is 50.9 Å². The van der Waals surface area contributed by atoms with E-state index in [1.165, 1.54) is 33.4 Å². The van der Waals surface area contributed by atoms with Gasteiger partial charge in [0.25, 0.3) is 0 Å². The fraction of sp³-hybridized carbons (Fsp3) is 0.409. The summed E-state index contributed by atoms with van der Waals surface area (Å²) >= 11 is 0. The second-order valence-corrected chi connectivity index (χ2v) is 13.1. The molecule has 0 amide bonds. The lowest BCUT2D eigenvalue weighted by Gasteiger charge is -2.37. The minimum atomic E-state index is 0.711. The second-order valence-electron chi connectivity index (χ2n) is 13.1. The van der Waals surface area contributed by atoms with E-state index < -0.39 is 0 Å². The van der Waals surface area contributed by atoms with Crippen molar-refractivity contribution in [2.45, 2.75) is 67.5 Å². The Morgan fingerprint density at radius 1 is 0.438 bits per heavy atom. The molecule has 0 unspecified atom stereocenters. The Morgan fingerprint density at radius 2 is 0.771 bits per heavy atom. The number of hydrogen-bond donors (Lipinski definition) is 0. The number of benzene rings is 4. The third-order valence-corrected chi connectivity index (χ3v) is 10.6. The van der Waals surface area contributed by atoms with Gasteiger partial charge in [-0.25, -0.2) is 0 Å². The van der Waals surface area contributed by atoms with Crippen molar-refractivity contribution in [3.8, 4) is 11.5 Å². The molecular formula is C44H60N2O2+2. The van der Waals surface area contributed by atoms with Crippen molar-refractivity contribution in [1.82, 2.24) is 0 Å². The van der Waals surface area contributed by atoms with Crippen LogP contribution < -0.4 is 9.47 Å². The number of quaternary nitrogens is 2. The first-order valence-electron chi connectivity index (χ1n) is 18.4. The Balaban J connectivity index is 1.37. The molecule has 0 spiro atoms. The van der Waals surface area contributed by atoms with E-state index in [0.29, 0.717) is 13.2 Å². The maximum Gasteiger partial charge on any atom is 0.137 e. The lowest BCUT2D eigenvalue weighted by atomic mass is 9.91. The number of rotatable bonds is 20. The summed E-state index contributed by atoms with van der Waals surface area (Å²) in [6, 6.07) is 39.2. The molecule has 4 rings (SSSR count). The average molecular weight is 649 g/mol. The van der Waals surface area contributed by atoms with Gasteiger partial charge in [-0.2, -0.15) is 0 Å². The predicted molar refractivity (Wildman–Crippen MR) is 204 cm³/mol. The molecule has 0 aliphatic carbocycles. The minimum Gasteiger partial charge on any atom is -0.488 e. The molecule has 4 nitrogen and oxygen atoms in total. The molecule has 0 heterocycles. The highest BCUT2D eigenvalue weighted by atomic mass is 16.5. The fourth-order valence-corrected chi connectivity index (χ4v) is 7.03. The van der Waals surface area contributed by atoms with Crippen molar-refractivity contribution in [2.75, 3.05) is 52.5 Å². The van der Waals surface area contributed by atoms with E-state index in [0.717, 1.165) is 85.7 Å². The summed E-state index contributed by atoms with van der Waals surface area (Å²) in [6.07, 6.45) is 1.95. The Bertz CT molecular complexity index is 1390. The predicted octanol–water partition coefficient (Wildman–Crippen LogP) is 10.3. The van der Waals surface area contributed by atoms with Gasteiger partial charge >= 0.3 is 0 Å². The van der Waals surface area contributed by atoms with E-state index in [1.807, 2.05) is 0 Å². The summed E-state index contributed by atoms with van der Waals surface area (Å²) < 4.78 is 14.7. The largest absolute Gasteiger partial charge is 0.488 e. The second kappa shape index (κ2) is 18.6. The van der Waals surface area contributed by atoms with Crippen LogP contribution in [0.4, 0.5) is 0 Å². The van der Waals surface area contributed by atoms with Crippen LogP contribution >= 0.6 is 0 Å². The summed E-state index contributed by atoms with van der Waals surface area (Å²) in [5.74, 6) is 1.88. The van der Waals surface area contributed by atoms with E-state index in [2.05, 4.69) is 151 Å². The van der Waals surface area contributed by atoms with Gasteiger partial charge in [-0.15, -0.1) is 0 Å². The molecule has 4 aromatic carbocycles. The van der Waals surface area contributed by atoms with Crippen molar-refractivity contribution in [3.05, 3.63) is 131 Å². The minimum absolute atomic E-state index is 0.711. The highest BCUT2D eigenvalue weighted by Gasteiger charge is 2.25. The molecule has 0 radical (unpaired) electrons. The topological polar surface area (TPSA) is 18.5 Å². The van der Waals surface area contributed by atoms with Crippen molar-refractivity contribution in [1.29, 1.82) is 0 Å². The molecule has 4 aromatic rings. The zero-order valence-corrected chi connectivity index (χ0v) is 30.6. The van der Waals surface area contributed by atoms with Gasteiger partial charge in [-0.05, 0) is 87.1 Å². The van der Waals surface area contributed by atoms with E-state index in [4.69, 9.17) is 9.47 Å². The van der Waals surface area contributed by atoms with Gasteiger partial charge in [0.2, 0.25) is 0 Å². The number of likely N-dealkylation sites (N-methyl/N-ethyl adjacent to an activating group) is 2. The van der Waals surface area contributed by atoms with Gasteiger partial charge in [-0.3, -0.25) is 0 Å². The number of allylic oxidation sites excluding steroid dienone is 2. The summed E-state index contributed by atoms with van der Waals surface area (Å²) in [6.45, 7) is 23.6. The fourth-order valence-electron chi connectivity index (χ4n) is 7.03. The van der Waals surface area contributed by atoms with E-state index in [-0.39, 0.29) is 0 Å². The number of hydrogen-bond acceptors (Lipinski definition) is 2. The third-order valence-electron chi connectivity index (χ3n) is 10.6. The van der Waals surface area contributed by atoms with Crippen LogP contribution in [-0.2, 0) is 13.1 Å². The lowest BCUT2D eigenvalue weighted by molar-refractivity contribution is -0.937. The molecule has 48 heavy (non-hydrogen) atoms. The molecule has 0 saturated carbocycles. The Kier molecular flexibility index (Phi) is 14.3. The summed E-state index contributed by atoms with van der Waals surface area (Å²) in [7, 11) is 0. The molecule has 0 fully saturated rings. The first-order chi connectivity index (χ1) is 23.4. The molecule has 0 aliphatic heterocycles.